The standard InChI is InChI=1S/C20H20N2O3/c1-10-2-4-11(5-3-10)21-16(23)9-22-19(24)17-12-6-7-13(15-8-14(12)15)18(17)20(22)25/h2-7,12-15,17-18H,8-9H2,1H3,(H,21,23)/t12-,13+,14-,15-,17+,18+/m1/s1. The average molecular weight is 336 g/mol. The van der Waals surface area contributed by atoms with Crippen molar-refractivity contribution in [3.63, 3.8) is 0 Å². The van der Waals surface area contributed by atoms with Gasteiger partial charge in [-0.2, -0.15) is 0 Å². The van der Waals surface area contributed by atoms with Gasteiger partial charge in [-0.25, -0.2) is 0 Å². The molecule has 5 heteroatoms. The number of nitrogens with zero attached hydrogens (tertiary/aromatic N) is 1. The minimum Gasteiger partial charge on any atom is -0.325 e. The van der Waals surface area contributed by atoms with Crippen molar-refractivity contribution in [2.24, 2.45) is 35.5 Å². The molecule has 1 saturated heterocycles. The molecule has 4 aliphatic carbocycles. The first-order valence-corrected chi connectivity index (χ1v) is 8.94. The van der Waals surface area contributed by atoms with Crippen LogP contribution in [0.15, 0.2) is 36.4 Å². The lowest BCUT2D eigenvalue weighted by atomic mass is 9.63. The molecular formula is C20H20N2O3. The Morgan fingerprint density at radius 1 is 1.04 bits per heavy atom. The number of carbonyl (C=O) groups is 3. The summed E-state index contributed by atoms with van der Waals surface area (Å²) in [5, 5.41) is 2.77. The molecule has 2 saturated carbocycles. The second kappa shape index (κ2) is 5.04. The summed E-state index contributed by atoms with van der Waals surface area (Å²) in [7, 11) is 0. The van der Waals surface area contributed by atoms with Crippen LogP contribution in [0.1, 0.15) is 12.0 Å². The van der Waals surface area contributed by atoms with Crippen LogP contribution in [0, 0.1) is 42.4 Å². The molecule has 6 atom stereocenters. The lowest BCUT2D eigenvalue weighted by Gasteiger charge is -2.37. The van der Waals surface area contributed by atoms with Crippen molar-refractivity contribution in [2.75, 3.05) is 11.9 Å². The largest absolute Gasteiger partial charge is 0.325 e. The number of likely N-dealkylation sites (tertiary alicyclic amines) is 1. The SMILES string of the molecule is Cc1ccc(NC(=O)CN2C(=O)[C@H]3[C@@H]4C=C[C@@H]([C@H]5C[C@H]45)[C@@H]3C2=O)cc1. The number of amides is 3. The van der Waals surface area contributed by atoms with Crippen molar-refractivity contribution < 1.29 is 14.4 Å². The molecule has 1 aromatic carbocycles. The fourth-order valence-electron chi connectivity index (χ4n) is 5.16. The second-order valence-electron chi connectivity index (χ2n) is 7.83. The van der Waals surface area contributed by atoms with Crippen LogP contribution in [-0.2, 0) is 14.4 Å². The fourth-order valence-corrected chi connectivity index (χ4v) is 5.16. The van der Waals surface area contributed by atoms with Gasteiger partial charge in [-0.1, -0.05) is 29.8 Å². The molecule has 1 aliphatic heterocycles. The summed E-state index contributed by atoms with van der Waals surface area (Å²) in [6, 6.07) is 7.45. The highest BCUT2D eigenvalue weighted by molar-refractivity contribution is 6.09. The molecule has 1 aromatic rings. The van der Waals surface area contributed by atoms with Gasteiger partial charge in [-0.05, 0) is 49.1 Å². The van der Waals surface area contributed by atoms with E-state index in [-0.39, 0.29) is 47.9 Å². The van der Waals surface area contributed by atoms with Crippen LogP contribution in [0.3, 0.4) is 0 Å². The van der Waals surface area contributed by atoms with E-state index in [0.29, 0.717) is 17.5 Å². The van der Waals surface area contributed by atoms with Crippen molar-refractivity contribution in [2.45, 2.75) is 13.3 Å². The van der Waals surface area contributed by atoms with Crippen molar-refractivity contribution in [3.8, 4) is 0 Å². The molecule has 5 aliphatic rings. The van der Waals surface area contributed by atoms with Gasteiger partial charge in [0, 0.05) is 5.69 Å². The predicted molar refractivity (Wildman–Crippen MR) is 91.2 cm³/mol. The Kier molecular flexibility index (Phi) is 3.00. The minimum absolute atomic E-state index is 0.154. The number of nitrogens with one attached hydrogen (secondary N) is 1. The Hall–Kier alpha value is -2.43. The average Bonchev–Trinajstić information content (AvgIpc) is 3.38. The normalized spacial score (nSPS) is 37.1. The molecule has 6 rings (SSSR count). The van der Waals surface area contributed by atoms with E-state index >= 15 is 0 Å². The van der Waals surface area contributed by atoms with Gasteiger partial charge in [0.05, 0.1) is 11.8 Å². The molecule has 0 aromatic heterocycles. The van der Waals surface area contributed by atoms with Crippen LogP contribution in [-0.4, -0.2) is 29.2 Å². The zero-order valence-electron chi connectivity index (χ0n) is 14.0. The zero-order valence-corrected chi connectivity index (χ0v) is 14.0. The van der Waals surface area contributed by atoms with Crippen molar-refractivity contribution in [1.82, 2.24) is 4.90 Å². The van der Waals surface area contributed by atoms with Gasteiger partial charge < -0.3 is 5.32 Å². The summed E-state index contributed by atoms with van der Waals surface area (Å²) >= 11 is 0. The minimum atomic E-state index is -0.324. The Labute approximate surface area is 146 Å². The highest BCUT2D eigenvalue weighted by Gasteiger charge is 2.67. The van der Waals surface area contributed by atoms with E-state index in [0.717, 1.165) is 12.0 Å². The first-order chi connectivity index (χ1) is 12.0. The number of carbonyl (C=O) groups excluding carboxylic acids is 3. The number of imide groups is 1. The third-order valence-corrected chi connectivity index (χ3v) is 6.39. The quantitative estimate of drug-likeness (QED) is 0.678. The first kappa shape index (κ1) is 14.9. The predicted octanol–water partition coefficient (Wildman–Crippen LogP) is 1.99. The molecule has 5 nitrogen and oxygen atoms in total. The highest BCUT2D eigenvalue weighted by atomic mass is 16.2. The summed E-state index contributed by atoms with van der Waals surface area (Å²) < 4.78 is 0. The molecule has 0 radical (unpaired) electrons. The zero-order chi connectivity index (χ0) is 17.3. The maximum absolute atomic E-state index is 12.8. The van der Waals surface area contributed by atoms with Crippen molar-refractivity contribution in [1.29, 1.82) is 0 Å². The molecule has 3 amide bonds. The van der Waals surface area contributed by atoms with Crippen molar-refractivity contribution >= 4 is 23.4 Å². The third kappa shape index (κ3) is 2.11. The number of aryl methyl sites for hydroxylation is 1. The Morgan fingerprint density at radius 3 is 2.16 bits per heavy atom. The van der Waals surface area contributed by atoms with Gasteiger partial charge in [0.25, 0.3) is 0 Å². The van der Waals surface area contributed by atoms with Gasteiger partial charge >= 0.3 is 0 Å². The van der Waals surface area contributed by atoms with E-state index in [1.54, 1.807) is 0 Å². The van der Waals surface area contributed by atoms with E-state index in [2.05, 4.69) is 17.5 Å². The number of anilines is 1. The number of hydrogen-bond donors (Lipinski definition) is 1. The number of hydrogen-bond acceptors (Lipinski definition) is 3. The summed E-state index contributed by atoms with van der Waals surface area (Å²) in [6.07, 6.45) is 5.42. The lowest BCUT2D eigenvalue weighted by Crippen LogP contribution is -2.40. The molecular weight excluding hydrogens is 316 g/mol. The summed E-state index contributed by atoms with van der Waals surface area (Å²) in [6.45, 7) is 1.79. The van der Waals surface area contributed by atoms with Crippen LogP contribution in [0.4, 0.5) is 5.69 Å². The van der Waals surface area contributed by atoms with Gasteiger partial charge in [0.2, 0.25) is 17.7 Å². The fraction of sp³-hybridized carbons (Fsp3) is 0.450. The Balaban J connectivity index is 1.32. The van der Waals surface area contributed by atoms with Gasteiger partial charge in [-0.3, -0.25) is 19.3 Å². The molecule has 1 N–H and O–H groups in total. The van der Waals surface area contributed by atoms with Crippen LogP contribution in [0.2, 0.25) is 0 Å². The van der Waals surface area contributed by atoms with Crippen LogP contribution < -0.4 is 5.32 Å². The molecule has 25 heavy (non-hydrogen) atoms. The van der Waals surface area contributed by atoms with E-state index < -0.39 is 0 Å². The Morgan fingerprint density at radius 2 is 1.60 bits per heavy atom. The second-order valence-corrected chi connectivity index (χ2v) is 7.83. The highest BCUT2D eigenvalue weighted by Crippen LogP contribution is 2.65. The summed E-state index contributed by atoms with van der Waals surface area (Å²) in [5.74, 6) is 0.441. The maximum Gasteiger partial charge on any atom is 0.244 e. The molecule has 0 spiro atoms. The number of benzene rings is 1. The monoisotopic (exact) mass is 336 g/mol. The summed E-state index contributed by atoms with van der Waals surface area (Å²) in [4.78, 5) is 39.2. The smallest absolute Gasteiger partial charge is 0.244 e. The maximum atomic E-state index is 12.8. The van der Waals surface area contributed by atoms with Crippen molar-refractivity contribution in [3.05, 3.63) is 42.0 Å². The Bertz CT molecular complexity index is 777. The molecule has 3 fully saturated rings. The van der Waals surface area contributed by atoms with Crippen LogP contribution in [0.25, 0.3) is 0 Å². The third-order valence-electron chi connectivity index (χ3n) is 6.39. The molecule has 1 heterocycles. The summed E-state index contributed by atoms with van der Waals surface area (Å²) in [5.41, 5.74) is 1.78. The van der Waals surface area contributed by atoms with Crippen LogP contribution >= 0.6 is 0 Å². The van der Waals surface area contributed by atoms with E-state index in [1.807, 2.05) is 31.2 Å². The van der Waals surface area contributed by atoms with Gasteiger partial charge in [0.15, 0.2) is 0 Å². The number of allylic oxidation sites excluding steroid dienone is 2. The van der Waals surface area contributed by atoms with Gasteiger partial charge in [0.1, 0.15) is 6.54 Å². The number of rotatable bonds is 3. The molecule has 128 valence electrons. The first-order valence-electron chi connectivity index (χ1n) is 8.94. The van der Waals surface area contributed by atoms with Gasteiger partial charge in [-0.15, -0.1) is 0 Å². The lowest BCUT2D eigenvalue weighted by molar-refractivity contribution is -0.142. The topological polar surface area (TPSA) is 66.5 Å². The van der Waals surface area contributed by atoms with E-state index in [1.165, 1.54) is 4.90 Å². The van der Waals surface area contributed by atoms with E-state index in [9.17, 15) is 14.4 Å². The van der Waals surface area contributed by atoms with E-state index in [4.69, 9.17) is 0 Å². The molecule has 2 bridgehead atoms. The van der Waals surface area contributed by atoms with Crippen LogP contribution in [0.5, 0.6) is 0 Å². The molecule has 0 unspecified atom stereocenters.